The predicted octanol–water partition coefficient (Wildman–Crippen LogP) is 4.84. The quantitative estimate of drug-likeness (QED) is 0.793. The first-order valence-electron chi connectivity index (χ1n) is 7.99. The number of nitrogens with zero attached hydrogens (tertiary/aromatic N) is 1. The largest absolute Gasteiger partial charge is 0.392 e. The first-order valence-corrected chi connectivity index (χ1v) is 7.99. The number of oxime groups is 1. The zero-order valence-corrected chi connectivity index (χ0v) is 14.5. The van der Waals surface area contributed by atoms with Crippen molar-refractivity contribution >= 4 is 5.71 Å². The standard InChI is InChI=1S/C18H25F2NO2/c1-6-12-10-18(5,16(21-23-12)17(2,3)4)22-11-13-14(19)8-7-9-15(13)20/h7-9,12H,6,10-11H2,1-5H3. The lowest BCUT2D eigenvalue weighted by atomic mass is 9.77. The molecule has 2 atom stereocenters. The van der Waals surface area contributed by atoms with Gasteiger partial charge in [-0.25, -0.2) is 8.78 Å². The van der Waals surface area contributed by atoms with E-state index in [1.54, 1.807) is 0 Å². The van der Waals surface area contributed by atoms with E-state index < -0.39 is 17.2 Å². The van der Waals surface area contributed by atoms with E-state index in [2.05, 4.69) is 5.16 Å². The maximum Gasteiger partial charge on any atom is 0.131 e. The van der Waals surface area contributed by atoms with Crippen molar-refractivity contribution in [3.8, 4) is 0 Å². The van der Waals surface area contributed by atoms with Crippen molar-refractivity contribution < 1.29 is 18.4 Å². The molecule has 0 amide bonds. The van der Waals surface area contributed by atoms with E-state index in [1.165, 1.54) is 18.2 Å². The van der Waals surface area contributed by atoms with Crippen molar-refractivity contribution in [1.82, 2.24) is 0 Å². The average Bonchev–Trinajstić information content (AvgIpc) is 2.45. The summed E-state index contributed by atoms with van der Waals surface area (Å²) in [5.41, 5.74) is -0.277. The van der Waals surface area contributed by atoms with E-state index in [4.69, 9.17) is 9.57 Å². The second kappa shape index (κ2) is 6.56. The van der Waals surface area contributed by atoms with Crippen LogP contribution in [0.4, 0.5) is 8.78 Å². The van der Waals surface area contributed by atoms with Crippen LogP contribution in [0.15, 0.2) is 23.4 Å². The van der Waals surface area contributed by atoms with Gasteiger partial charge in [0.05, 0.1) is 12.3 Å². The molecule has 128 valence electrons. The number of hydrogen-bond donors (Lipinski definition) is 0. The Morgan fingerprint density at radius 2 is 1.91 bits per heavy atom. The zero-order valence-electron chi connectivity index (χ0n) is 14.5. The summed E-state index contributed by atoms with van der Waals surface area (Å²) in [5.74, 6) is -1.19. The van der Waals surface area contributed by atoms with Crippen LogP contribution in [-0.2, 0) is 16.2 Å². The van der Waals surface area contributed by atoms with Crippen LogP contribution in [0.1, 0.15) is 53.0 Å². The summed E-state index contributed by atoms with van der Waals surface area (Å²) in [6.45, 7) is 9.85. The van der Waals surface area contributed by atoms with Crippen molar-refractivity contribution in [2.45, 2.75) is 65.8 Å². The topological polar surface area (TPSA) is 30.8 Å². The fourth-order valence-corrected chi connectivity index (χ4v) is 2.97. The number of benzene rings is 1. The Balaban J connectivity index is 2.26. The molecule has 0 fully saturated rings. The Bertz CT molecular complexity index is 575. The number of halogens is 2. The Kier molecular flexibility index (Phi) is 5.09. The highest BCUT2D eigenvalue weighted by Crippen LogP contribution is 2.36. The third kappa shape index (κ3) is 3.89. The molecule has 2 rings (SSSR count). The predicted molar refractivity (Wildman–Crippen MR) is 86.2 cm³/mol. The molecule has 0 aliphatic carbocycles. The van der Waals surface area contributed by atoms with Crippen LogP contribution in [-0.4, -0.2) is 17.4 Å². The van der Waals surface area contributed by atoms with Gasteiger partial charge in [0.15, 0.2) is 0 Å². The monoisotopic (exact) mass is 325 g/mol. The molecule has 0 radical (unpaired) electrons. The molecule has 2 unspecified atom stereocenters. The van der Waals surface area contributed by atoms with Gasteiger partial charge in [0, 0.05) is 17.4 Å². The second-order valence-corrected chi connectivity index (χ2v) is 7.25. The molecule has 0 saturated heterocycles. The molecule has 0 aromatic heterocycles. The minimum absolute atomic E-state index is 0.0541. The van der Waals surface area contributed by atoms with Gasteiger partial charge >= 0.3 is 0 Å². The Morgan fingerprint density at radius 3 is 2.43 bits per heavy atom. The zero-order chi connectivity index (χ0) is 17.3. The molecule has 5 heteroatoms. The van der Waals surface area contributed by atoms with E-state index >= 15 is 0 Å². The van der Waals surface area contributed by atoms with Gasteiger partial charge in [0.1, 0.15) is 23.3 Å². The van der Waals surface area contributed by atoms with E-state index in [0.717, 1.165) is 12.1 Å². The summed E-state index contributed by atoms with van der Waals surface area (Å²) >= 11 is 0. The van der Waals surface area contributed by atoms with E-state index in [-0.39, 0.29) is 23.7 Å². The van der Waals surface area contributed by atoms with Crippen LogP contribution in [0, 0.1) is 17.0 Å². The van der Waals surface area contributed by atoms with Gasteiger partial charge in [-0.2, -0.15) is 0 Å². The highest BCUT2D eigenvalue weighted by atomic mass is 19.1. The van der Waals surface area contributed by atoms with Crippen LogP contribution in [0.5, 0.6) is 0 Å². The van der Waals surface area contributed by atoms with E-state index in [9.17, 15) is 8.78 Å². The summed E-state index contributed by atoms with van der Waals surface area (Å²) in [4.78, 5) is 5.52. The molecular formula is C18H25F2NO2. The van der Waals surface area contributed by atoms with Gasteiger partial charge in [0.25, 0.3) is 0 Å². The molecule has 1 heterocycles. The average molecular weight is 325 g/mol. The first kappa shape index (κ1) is 17.9. The highest BCUT2D eigenvalue weighted by Gasteiger charge is 2.44. The summed E-state index contributed by atoms with van der Waals surface area (Å²) in [5, 5.41) is 4.27. The minimum atomic E-state index is -0.716. The molecule has 0 spiro atoms. The van der Waals surface area contributed by atoms with Gasteiger partial charge in [-0.3, -0.25) is 0 Å². The van der Waals surface area contributed by atoms with Gasteiger partial charge in [0.2, 0.25) is 0 Å². The maximum atomic E-state index is 13.8. The van der Waals surface area contributed by atoms with Crippen molar-refractivity contribution in [3.63, 3.8) is 0 Å². The van der Waals surface area contributed by atoms with Crippen molar-refractivity contribution in [2.24, 2.45) is 10.6 Å². The number of rotatable bonds is 4. The minimum Gasteiger partial charge on any atom is -0.392 e. The summed E-state index contributed by atoms with van der Waals surface area (Å²) in [6, 6.07) is 3.82. The summed E-state index contributed by atoms with van der Waals surface area (Å²) in [6.07, 6.45) is 1.35. The fraction of sp³-hybridized carbons (Fsp3) is 0.611. The SMILES string of the molecule is CCC1CC(C)(OCc2c(F)cccc2F)C(C(C)(C)C)=NO1. The molecule has 0 saturated carbocycles. The van der Waals surface area contributed by atoms with Gasteiger partial charge in [-0.05, 0) is 25.5 Å². The Hall–Kier alpha value is -1.49. The maximum absolute atomic E-state index is 13.8. The van der Waals surface area contributed by atoms with E-state index in [1.807, 2.05) is 34.6 Å². The van der Waals surface area contributed by atoms with Gasteiger partial charge in [-0.1, -0.05) is 38.9 Å². The molecule has 0 N–H and O–H groups in total. The molecule has 1 aliphatic heterocycles. The smallest absolute Gasteiger partial charge is 0.131 e. The van der Waals surface area contributed by atoms with Crippen LogP contribution >= 0.6 is 0 Å². The third-order valence-electron chi connectivity index (χ3n) is 4.17. The summed E-state index contributed by atoms with van der Waals surface area (Å²) < 4.78 is 33.7. The lowest BCUT2D eigenvalue weighted by molar-refractivity contribution is -0.0736. The Labute approximate surface area is 136 Å². The Morgan fingerprint density at radius 1 is 1.30 bits per heavy atom. The normalized spacial score (nSPS) is 25.0. The number of hydrogen-bond acceptors (Lipinski definition) is 3. The van der Waals surface area contributed by atoms with E-state index in [0.29, 0.717) is 6.42 Å². The lowest BCUT2D eigenvalue weighted by Gasteiger charge is -2.41. The first-order chi connectivity index (χ1) is 10.7. The third-order valence-corrected chi connectivity index (χ3v) is 4.17. The van der Waals surface area contributed by atoms with Crippen LogP contribution < -0.4 is 0 Å². The molecule has 23 heavy (non-hydrogen) atoms. The van der Waals surface area contributed by atoms with Crippen LogP contribution in [0.25, 0.3) is 0 Å². The van der Waals surface area contributed by atoms with Crippen molar-refractivity contribution in [1.29, 1.82) is 0 Å². The fourth-order valence-electron chi connectivity index (χ4n) is 2.97. The highest BCUT2D eigenvalue weighted by molar-refractivity contribution is 5.96. The van der Waals surface area contributed by atoms with Crippen LogP contribution in [0.2, 0.25) is 0 Å². The second-order valence-electron chi connectivity index (χ2n) is 7.25. The molecular weight excluding hydrogens is 300 g/mol. The molecule has 0 bridgehead atoms. The molecule has 1 aromatic carbocycles. The number of ether oxygens (including phenoxy) is 1. The summed E-state index contributed by atoms with van der Waals surface area (Å²) in [7, 11) is 0. The lowest BCUT2D eigenvalue weighted by Crippen LogP contribution is -2.50. The van der Waals surface area contributed by atoms with Gasteiger partial charge in [-0.15, -0.1) is 0 Å². The molecule has 3 nitrogen and oxygen atoms in total. The molecule has 1 aromatic rings. The van der Waals surface area contributed by atoms with Crippen LogP contribution in [0.3, 0.4) is 0 Å². The molecule has 1 aliphatic rings. The van der Waals surface area contributed by atoms with Crippen molar-refractivity contribution in [3.05, 3.63) is 35.4 Å². The van der Waals surface area contributed by atoms with Crippen molar-refractivity contribution in [2.75, 3.05) is 0 Å². The van der Waals surface area contributed by atoms with Gasteiger partial charge < -0.3 is 9.57 Å².